The molecule has 5 nitrogen and oxygen atoms in total. The molecule has 0 bridgehead atoms. The second-order valence-electron chi connectivity index (χ2n) is 5.12. The summed E-state index contributed by atoms with van der Waals surface area (Å²) >= 11 is 0. The van der Waals surface area contributed by atoms with Crippen molar-refractivity contribution in [2.75, 3.05) is 13.1 Å². The third kappa shape index (κ3) is 2.10. The number of urea groups is 1. The summed E-state index contributed by atoms with van der Waals surface area (Å²) in [6.45, 7) is 6.18. The normalized spacial score (nSPS) is 22.8. The fraction of sp³-hybridized carbons (Fsp3) is 0.429. The van der Waals surface area contributed by atoms with Gasteiger partial charge in [-0.15, -0.1) is 0 Å². The van der Waals surface area contributed by atoms with Crippen LogP contribution in [0.4, 0.5) is 4.79 Å². The molecular weight excluding hydrogens is 242 g/mol. The summed E-state index contributed by atoms with van der Waals surface area (Å²) in [5.74, 6) is -0.241. The van der Waals surface area contributed by atoms with E-state index in [0.717, 1.165) is 16.7 Å². The third-order valence-corrected chi connectivity index (χ3v) is 3.55. The van der Waals surface area contributed by atoms with Crippen molar-refractivity contribution in [1.29, 1.82) is 0 Å². The molecular formula is C14H19N3O2. The first-order valence-corrected chi connectivity index (χ1v) is 6.32. The van der Waals surface area contributed by atoms with Crippen molar-refractivity contribution < 1.29 is 9.59 Å². The van der Waals surface area contributed by atoms with Gasteiger partial charge in [0.1, 0.15) is 5.54 Å². The average molecular weight is 261 g/mol. The number of imide groups is 1. The van der Waals surface area contributed by atoms with E-state index < -0.39 is 5.54 Å². The van der Waals surface area contributed by atoms with E-state index in [4.69, 9.17) is 5.73 Å². The lowest BCUT2D eigenvalue weighted by molar-refractivity contribution is -0.131. The zero-order chi connectivity index (χ0) is 14.2. The van der Waals surface area contributed by atoms with E-state index >= 15 is 0 Å². The lowest BCUT2D eigenvalue weighted by Gasteiger charge is -2.24. The van der Waals surface area contributed by atoms with Gasteiger partial charge in [-0.3, -0.25) is 9.69 Å². The number of carbonyl (C=O) groups is 2. The van der Waals surface area contributed by atoms with Gasteiger partial charge < -0.3 is 11.1 Å². The number of hydrogen-bond donors (Lipinski definition) is 2. The Bertz CT molecular complexity index is 541. The second-order valence-corrected chi connectivity index (χ2v) is 5.12. The summed E-state index contributed by atoms with van der Waals surface area (Å²) in [5.41, 5.74) is 7.39. The summed E-state index contributed by atoms with van der Waals surface area (Å²) in [6.07, 6.45) is 0. The van der Waals surface area contributed by atoms with Crippen molar-refractivity contribution in [3.63, 3.8) is 0 Å². The van der Waals surface area contributed by atoms with E-state index in [1.54, 1.807) is 6.92 Å². The van der Waals surface area contributed by atoms with Crippen molar-refractivity contribution in [3.8, 4) is 0 Å². The molecule has 19 heavy (non-hydrogen) atoms. The van der Waals surface area contributed by atoms with Crippen molar-refractivity contribution >= 4 is 11.9 Å². The molecule has 5 heteroatoms. The Labute approximate surface area is 112 Å². The van der Waals surface area contributed by atoms with Crippen LogP contribution in [-0.4, -0.2) is 29.9 Å². The first-order chi connectivity index (χ1) is 8.90. The molecule has 0 saturated carbocycles. The number of nitrogens with one attached hydrogen (secondary N) is 1. The molecule has 0 aromatic heterocycles. The van der Waals surface area contributed by atoms with Gasteiger partial charge in [-0.25, -0.2) is 4.79 Å². The molecule has 1 unspecified atom stereocenters. The highest BCUT2D eigenvalue weighted by atomic mass is 16.2. The molecule has 1 aromatic rings. The molecule has 3 amide bonds. The average Bonchev–Trinajstić information content (AvgIpc) is 2.54. The number of amides is 3. The van der Waals surface area contributed by atoms with Crippen LogP contribution in [0.15, 0.2) is 18.2 Å². The second kappa shape index (κ2) is 4.66. The fourth-order valence-electron chi connectivity index (χ4n) is 2.59. The molecule has 3 N–H and O–H groups in total. The van der Waals surface area contributed by atoms with Crippen molar-refractivity contribution in [2.45, 2.75) is 26.3 Å². The van der Waals surface area contributed by atoms with Gasteiger partial charge in [0.15, 0.2) is 0 Å². The van der Waals surface area contributed by atoms with Crippen LogP contribution in [-0.2, 0) is 10.3 Å². The number of benzene rings is 1. The Hall–Kier alpha value is -1.88. The van der Waals surface area contributed by atoms with E-state index in [1.807, 2.05) is 32.0 Å². The number of nitrogens with two attached hydrogens (primary N) is 1. The third-order valence-electron chi connectivity index (χ3n) is 3.55. The summed E-state index contributed by atoms with van der Waals surface area (Å²) < 4.78 is 0. The quantitative estimate of drug-likeness (QED) is 0.798. The maximum atomic E-state index is 12.5. The zero-order valence-electron chi connectivity index (χ0n) is 11.5. The van der Waals surface area contributed by atoms with Crippen molar-refractivity contribution in [1.82, 2.24) is 10.2 Å². The zero-order valence-corrected chi connectivity index (χ0v) is 11.5. The first-order valence-electron chi connectivity index (χ1n) is 6.32. The van der Waals surface area contributed by atoms with Crippen LogP contribution in [0.3, 0.4) is 0 Å². The van der Waals surface area contributed by atoms with Crippen molar-refractivity contribution in [2.24, 2.45) is 5.73 Å². The maximum Gasteiger partial charge on any atom is 0.325 e. The summed E-state index contributed by atoms with van der Waals surface area (Å²) in [6, 6.07) is 5.47. The number of nitrogens with zero attached hydrogens (tertiary/aromatic N) is 1. The summed E-state index contributed by atoms with van der Waals surface area (Å²) in [7, 11) is 0. The summed E-state index contributed by atoms with van der Waals surface area (Å²) in [4.78, 5) is 25.5. The molecule has 0 radical (unpaired) electrons. The topological polar surface area (TPSA) is 75.4 Å². The largest absolute Gasteiger partial charge is 0.329 e. The van der Waals surface area contributed by atoms with Crippen LogP contribution in [0.5, 0.6) is 0 Å². The molecule has 0 aliphatic carbocycles. The molecule has 1 heterocycles. The molecule has 1 aliphatic rings. The van der Waals surface area contributed by atoms with Gasteiger partial charge in [0.25, 0.3) is 5.91 Å². The smallest absolute Gasteiger partial charge is 0.325 e. The van der Waals surface area contributed by atoms with E-state index in [0.29, 0.717) is 0 Å². The minimum absolute atomic E-state index is 0.241. The van der Waals surface area contributed by atoms with E-state index in [1.165, 1.54) is 4.90 Å². The van der Waals surface area contributed by atoms with Crippen LogP contribution < -0.4 is 11.1 Å². The number of aryl methyl sites for hydroxylation is 2. The molecule has 0 spiro atoms. The predicted octanol–water partition coefficient (Wildman–Crippen LogP) is 1.03. The lowest BCUT2D eigenvalue weighted by atomic mass is 9.88. The van der Waals surface area contributed by atoms with Crippen molar-refractivity contribution in [3.05, 3.63) is 34.9 Å². The highest BCUT2D eigenvalue weighted by molar-refractivity contribution is 6.07. The molecule has 1 aromatic carbocycles. The highest BCUT2D eigenvalue weighted by Gasteiger charge is 2.49. The Morgan fingerprint density at radius 3 is 2.58 bits per heavy atom. The lowest BCUT2D eigenvalue weighted by Crippen LogP contribution is -2.42. The van der Waals surface area contributed by atoms with Crippen LogP contribution in [0, 0.1) is 13.8 Å². The molecule has 1 aliphatic heterocycles. The SMILES string of the molecule is Cc1ccc(C2(C)NC(=O)N(CCN)C2=O)c(C)c1. The van der Waals surface area contributed by atoms with Gasteiger partial charge in [-0.05, 0) is 31.9 Å². The Morgan fingerprint density at radius 2 is 2.00 bits per heavy atom. The van der Waals surface area contributed by atoms with Crippen LogP contribution in [0.1, 0.15) is 23.6 Å². The minimum atomic E-state index is -0.996. The van der Waals surface area contributed by atoms with Crippen LogP contribution >= 0.6 is 0 Å². The van der Waals surface area contributed by atoms with Gasteiger partial charge in [-0.2, -0.15) is 0 Å². The monoisotopic (exact) mass is 261 g/mol. The fourth-order valence-corrected chi connectivity index (χ4v) is 2.59. The minimum Gasteiger partial charge on any atom is -0.329 e. The molecule has 1 atom stereocenters. The highest BCUT2D eigenvalue weighted by Crippen LogP contribution is 2.31. The Kier molecular flexibility index (Phi) is 3.32. The molecule has 102 valence electrons. The van der Waals surface area contributed by atoms with E-state index in [-0.39, 0.29) is 25.0 Å². The van der Waals surface area contributed by atoms with Gasteiger partial charge in [-0.1, -0.05) is 23.8 Å². The Morgan fingerprint density at radius 1 is 1.32 bits per heavy atom. The maximum absolute atomic E-state index is 12.5. The molecule has 1 saturated heterocycles. The molecule has 2 rings (SSSR count). The predicted molar refractivity (Wildman–Crippen MR) is 72.6 cm³/mol. The summed E-state index contributed by atoms with van der Waals surface area (Å²) in [5, 5.41) is 2.77. The van der Waals surface area contributed by atoms with Gasteiger partial charge in [0.2, 0.25) is 0 Å². The standard InChI is InChI=1S/C14H19N3O2/c1-9-4-5-11(10(2)8-9)14(3)12(18)17(7-6-15)13(19)16-14/h4-5,8H,6-7,15H2,1-3H3,(H,16,19). The first kappa shape index (κ1) is 13.5. The molecule has 1 fully saturated rings. The van der Waals surface area contributed by atoms with Gasteiger partial charge in [0, 0.05) is 13.1 Å². The Balaban J connectivity index is 2.43. The number of carbonyl (C=O) groups excluding carboxylic acids is 2. The van der Waals surface area contributed by atoms with E-state index in [9.17, 15) is 9.59 Å². The van der Waals surface area contributed by atoms with Crippen LogP contribution in [0.25, 0.3) is 0 Å². The van der Waals surface area contributed by atoms with Gasteiger partial charge >= 0.3 is 6.03 Å². The van der Waals surface area contributed by atoms with E-state index in [2.05, 4.69) is 5.32 Å². The van der Waals surface area contributed by atoms with Gasteiger partial charge in [0.05, 0.1) is 0 Å². The number of rotatable bonds is 3. The van der Waals surface area contributed by atoms with Crippen LogP contribution in [0.2, 0.25) is 0 Å². The number of hydrogen-bond acceptors (Lipinski definition) is 3.